The van der Waals surface area contributed by atoms with Crippen LogP contribution in [0.5, 0.6) is 5.75 Å². The van der Waals surface area contributed by atoms with Crippen LogP contribution < -0.4 is 4.74 Å². The maximum atomic E-state index is 9.56. The monoisotopic (exact) mass is 237 g/mol. The molecule has 1 aromatic rings. The smallest absolute Gasteiger partial charge is 0.146 e. The molecule has 0 aliphatic heterocycles. The average molecular weight is 237 g/mol. The van der Waals surface area contributed by atoms with Gasteiger partial charge in [-0.15, -0.1) is 0 Å². The van der Waals surface area contributed by atoms with E-state index in [1.165, 1.54) is 5.56 Å². The number of benzene rings is 1. The fourth-order valence-electron chi connectivity index (χ4n) is 1.13. The highest BCUT2D eigenvalue weighted by Gasteiger charge is 2.05. The van der Waals surface area contributed by atoms with Gasteiger partial charge in [0.2, 0.25) is 0 Å². The van der Waals surface area contributed by atoms with Crippen molar-refractivity contribution in [2.75, 3.05) is 13.2 Å². The van der Waals surface area contributed by atoms with Gasteiger partial charge in [0.25, 0.3) is 0 Å². The van der Waals surface area contributed by atoms with Crippen molar-refractivity contribution < 1.29 is 14.7 Å². The standard InChI is InChI=1S/C13H19NO3/c1-10(2)14-17-9-12(15)8-16-13-6-4-11(3)5-7-13/h4-7,12,15H,8-9H2,1-3H3/t12-/m1/s1. The molecular weight excluding hydrogens is 218 g/mol. The Morgan fingerprint density at radius 2 is 1.88 bits per heavy atom. The molecule has 4 heteroatoms. The van der Waals surface area contributed by atoms with Crippen molar-refractivity contribution in [1.82, 2.24) is 0 Å². The molecule has 0 saturated heterocycles. The molecule has 94 valence electrons. The van der Waals surface area contributed by atoms with Gasteiger partial charge in [0.15, 0.2) is 0 Å². The van der Waals surface area contributed by atoms with E-state index in [4.69, 9.17) is 9.57 Å². The highest BCUT2D eigenvalue weighted by molar-refractivity contribution is 5.78. The maximum absolute atomic E-state index is 9.56. The van der Waals surface area contributed by atoms with Crippen molar-refractivity contribution in [2.24, 2.45) is 5.16 Å². The lowest BCUT2D eigenvalue weighted by molar-refractivity contribution is 0.0142. The maximum Gasteiger partial charge on any atom is 0.146 e. The Morgan fingerprint density at radius 1 is 1.24 bits per heavy atom. The third-order valence-corrected chi connectivity index (χ3v) is 1.98. The molecular formula is C13H19NO3. The van der Waals surface area contributed by atoms with E-state index in [0.717, 1.165) is 11.5 Å². The van der Waals surface area contributed by atoms with E-state index in [2.05, 4.69) is 5.16 Å². The molecule has 1 N–H and O–H groups in total. The minimum absolute atomic E-state index is 0.136. The summed E-state index contributed by atoms with van der Waals surface area (Å²) >= 11 is 0. The van der Waals surface area contributed by atoms with Gasteiger partial charge < -0.3 is 14.7 Å². The number of aliphatic hydroxyl groups excluding tert-OH is 1. The van der Waals surface area contributed by atoms with Crippen LogP contribution in [0.15, 0.2) is 29.4 Å². The van der Waals surface area contributed by atoms with Gasteiger partial charge in [-0.1, -0.05) is 22.9 Å². The first-order valence-electron chi connectivity index (χ1n) is 5.58. The molecule has 17 heavy (non-hydrogen) atoms. The van der Waals surface area contributed by atoms with Crippen LogP contribution in [0, 0.1) is 6.92 Å². The van der Waals surface area contributed by atoms with Crippen LogP contribution >= 0.6 is 0 Å². The minimum Gasteiger partial charge on any atom is -0.491 e. The molecule has 0 radical (unpaired) electrons. The second-order valence-electron chi connectivity index (χ2n) is 4.11. The molecule has 0 heterocycles. The predicted molar refractivity (Wildman–Crippen MR) is 67.4 cm³/mol. The Balaban J connectivity index is 2.26. The Bertz CT molecular complexity index is 355. The van der Waals surface area contributed by atoms with Crippen LogP contribution in [-0.2, 0) is 4.84 Å². The SMILES string of the molecule is CC(C)=NOC[C@H](O)COc1ccc(C)cc1. The van der Waals surface area contributed by atoms with Crippen molar-refractivity contribution in [3.05, 3.63) is 29.8 Å². The Hall–Kier alpha value is -1.55. The van der Waals surface area contributed by atoms with E-state index in [-0.39, 0.29) is 13.2 Å². The quantitative estimate of drug-likeness (QED) is 0.609. The molecule has 1 aromatic carbocycles. The molecule has 0 aliphatic rings. The molecule has 4 nitrogen and oxygen atoms in total. The second-order valence-corrected chi connectivity index (χ2v) is 4.11. The van der Waals surface area contributed by atoms with E-state index in [9.17, 15) is 5.11 Å². The van der Waals surface area contributed by atoms with E-state index in [0.29, 0.717) is 0 Å². The van der Waals surface area contributed by atoms with Crippen LogP contribution in [0.1, 0.15) is 19.4 Å². The normalized spacial score (nSPS) is 11.8. The van der Waals surface area contributed by atoms with E-state index >= 15 is 0 Å². The highest BCUT2D eigenvalue weighted by atomic mass is 16.6. The first-order valence-corrected chi connectivity index (χ1v) is 5.58. The molecule has 0 aromatic heterocycles. The van der Waals surface area contributed by atoms with E-state index in [1.54, 1.807) is 0 Å². The van der Waals surface area contributed by atoms with E-state index < -0.39 is 6.10 Å². The summed E-state index contributed by atoms with van der Waals surface area (Å²) in [5, 5.41) is 13.3. The number of aryl methyl sites for hydroxylation is 1. The van der Waals surface area contributed by atoms with E-state index in [1.807, 2.05) is 45.0 Å². The van der Waals surface area contributed by atoms with Gasteiger partial charge in [-0.3, -0.25) is 0 Å². The van der Waals surface area contributed by atoms with Crippen molar-refractivity contribution in [3.63, 3.8) is 0 Å². The van der Waals surface area contributed by atoms with Gasteiger partial charge in [-0.25, -0.2) is 0 Å². The van der Waals surface area contributed by atoms with Crippen LogP contribution in [-0.4, -0.2) is 30.1 Å². The summed E-state index contributed by atoms with van der Waals surface area (Å²) in [6.45, 7) is 6.00. The lowest BCUT2D eigenvalue weighted by Gasteiger charge is -2.11. The van der Waals surface area contributed by atoms with Gasteiger partial charge >= 0.3 is 0 Å². The number of aliphatic hydroxyl groups is 1. The molecule has 0 bridgehead atoms. The fourth-order valence-corrected chi connectivity index (χ4v) is 1.13. The lowest BCUT2D eigenvalue weighted by Crippen LogP contribution is -2.22. The van der Waals surface area contributed by atoms with Crippen LogP contribution in [0.25, 0.3) is 0 Å². The van der Waals surface area contributed by atoms with Gasteiger partial charge in [0.05, 0.1) is 5.71 Å². The summed E-state index contributed by atoms with van der Waals surface area (Å²) in [5.41, 5.74) is 1.99. The van der Waals surface area contributed by atoms with Gasteiger partial charge in [-0.05, 0) is 32.9 Å². The number of hydrogen-bond acceptors (Lipinski definition) is 4. The molecule has 1 atom stereocenters. The minimum atomic E-state index is -0.681. The number of hydrogen-bond donors (Lipinski definition) is 1. The molecule has 0 saturated carbocycles. The third-order valence-electron chi connectivity index (χ3n) is 1.98. The number of oxime groups is 1. The van der Waals surface area contributed by atoms with Crippen LogP contribution in [0.3, 0.4) is 0 Å². The number of nitrogens with zero attached hydrogens (tertiary/aromatic N) is 1. The molecule has 0 spiro atoms. The summed E-state index contributed by atoms with van der Waals surface area (Å²) in [6, 6.07) is 7.67. The first kappa shape index (κ1) is 13.5. The van der Waals surface area contributed by atoms with Crippen LogP contribution in [0.2, 0.25) is 0 Å². The Labute approximate surface area is 102 Å². The zero-order valence-corrected chi connectivity index (χ0v) is 10.5. The molecule has 1 rings (SSSR count). The first-order chi connectivity index (χ1) is 8.08. The Kier molecular flexibility index (Phi) is 5.49. The highest BCUT2D eigenvalue weighted by Crippen LogP contribution is 2.11. The van der Waals surface area contributed by atoms with Crippen molar-refractivity contribution in [1.29, 1.82) is 0 Å². The third kappa shape index (κ3) is 5.92. The molecule has 0 fully saturated rings. The number of ether oxygens (including phenoxy) is 1. The summed E-state index contributed by atoms with van der Waals surface area (Å²) in [7, 11) is 0. The molecule has 0 unspecified atom stereocenters. The summed E-state index contributed by atoms with van der Waals surface area (Å²) in [6.07, 6.45) is -0.681. The lowest BCUT2D eigenvalue weighted by atomic mass is 10.2. The Morgan fingerprint density at radius 3 is 2.47 bits per heavy atom. The van der Waals surface area contributed by atoms with Gasteiger partial charge in [0.1, 0.15) is 25.1 Å². The summed E-state index contributed by atoms with van der Waals surface area (Å²) < 4.78 is 5.40. The van der Waals surface area contributed by atoms with Crippen molar-refractivity contribution in [3.8, 4) is 5.75 Å². The number of rotatable bonds is 6. The predicted octanol–water partition coefficient (Wildman–Crippen LogP) is 2.15. The zero-order valence-electron chi connectivity index (χ0n) is 10.5. The molecule has 0 amide bonds. The van der Waals surface area contributed by atoms with Crippen molar-refractivity contribution >= 4 is 5.71 Å². The summed E-state index contributed by atoms with van der Waals surface area (Å²) in [5.74, 6) is 0.741. The van der Waals surface area contributed by atoms with Gasteiger partial charge in [-0.2, -0.15) is 0 Å². The summed E-state index contributed by atoms with van der Waals surface area (Å²) in [4.78, 5) is 4.92. The average Bonchev–Trinajstić information content (AvgIpc) is 2.28. The molecule has 0 aliphatic carbocycles. The van der Waals surface area contributed by atoms with Crippen molar-refractivity contribution in [2.45, 2.75) is 26.9 Å². The second kappa shape index (κ2) is 6.91. The topological polar surface area (TPSA) is 51.0 Å². The van der Waals surface area contributed by atoms with Crippen LogP contribution in [0.4, 0.5) is 0 Å². The largest absolute Gasteiger partial charge is 0.491 e. The van der Waals surface area contributed by atoms with Gasteiger partial charge in [0, 0.05) is 0 Å². The fraction of sp³-hybridized carbons (Fsp3) is 0.462. The zero-order chi connectivity index (χ0) is 12.7.